The third-order valence-corrected chi connectivity index (χ3v) is 1.71. The van der Waals surface area contributed by atoms with Crippen molar-refractivity contribution in [2.75, 3.05) is 0 Å². The molecule has 0 saturated heterocycles. The summed E-state index contributed by atoms with van der Waals surface area (Å²) in [5, 5.41) is 86.5. The summed E-state index contributed by atoms with van der Waals surface area (Å²) < 4.78 is 0. The minimum absolute atomic E-state index is 0. The van der Waals surface area contributed by atoms with Crippen LogP contribution in [0, 0.1) is 0 Å². The van der Waals surface area contributed by atoms with Crippen LogP contribution in [-0.2, 0) is 45.7 Å². The summed E-state index contributed by atoms with van der Waals surface area (Å²) in [6.07, 6.45) is -6.71. The quantitative estimate of drug-likeness (QED) is 0.205. The van der Waals surface area contributed by atoms with Gasteiger partial charge in [-0.05, 0) is 34.6 Å². The van der Waals surface area contributed by atoms with E-state index in [1.165, 1.54) is 0 Å². The van der Waals surface area contributed by atoms with E-state index in [4.69, 9.17) is 25.5 Å². The summed E-state index contributed by atoms with van der Waals surface area (Å²) in [5.41, 5.74) is 0. The van der Waals surface area contributed by atoms with Crippen molar-refractivity contribution in [1.29, 1.82) is 0 Å². The Labute approximate surface area is 241 Å². The van der Waals surface area contributed by atoms with Gasteiger partial charge in [0, 0.05) is 0 Å². The van der Waals surface area contributed by atoms with E-state index in [0.29, 0.717) is 0 Å². The van der Waals surface area contributed by atoms with Gasteiger partial charge in [0.1, 0.15) is 0 Å². The van der Waals surface area contributed by atoms with Crippen molar-refractivity contribution < 1.29 is 148 Å². The Morgan fingerprint density at radius 3 is 0.469 bits per heavy atom. The first-order valence-corrected chi connectivity index (χ1v) is 7.66. The van der Waals surface area contributed by atoms with E-state index in [-0.39, 0.29) is 73.1 Å². The Kier molecular flexibility index (Phi) is 46.5. The van der Waals surface area contributed by atoms with Gasteiger partial charge in [-0.15, -0.1) is 0 Å². The van der Waals surface area contributed by atoms with E-state index < -0.39 is 60.4 Å². The molecule has 0 radical (unpaired) electrons. The molecule has 0 aliphatic rings. The van der Waals surface area contributed by atoms with Crippen LogP contribution in [0.4, 0.5) is 0 Å². The fourth-order valence-electron chi connectivity index (χ4n) is 0. The molecule has 0 fully saturated rings. The maximum atomic E-state index is 9.34. The predicted octanol–water partition coefficient (Wildman–Crippen LogP) is -12.4. The van der Waals surface area contributed by atoms with Crippen molar-refractivity contribution in [3.05, 3.63) is 0 Å². The zero-order valence-corrected chi connectivity index (χ0v) is 22.9. The number of hydrogen-bond acceptors (Lipinski definition) is 15. The van der Waals surface area contributed by atoms with Gasteiger partial charge >= 0.3 is 73.1 Å². The topological polar surface area (TPSA) is 302 Å². The molecule has 0 amide bonds. The summed E-state index contributed by atoms with van der Waals surface area (Å²) in [6.45, 7) is 5.67. The van der Waals surface area contributed by atoms with Crippen molar-refractivity contribution in [3.63, 3.8) is 0 Å². The molecule has 15 nitrogen and oxygen atoms in total. The molecule has 17 heteroatoms. The monoisotopic (exact) mass is 532 g/mol. The standard InChI is InChI=1S/5C3H6O3.K.Ti/c5*1-2(4)3(5)6;;/h5*2,4H,1H3,(H,5,6);;/q;;;;;+1;+4/p-5. The zero-order valence-electron chi connectivity index (χ0n) is 18.2. The van der Waals surface area contributed by atoms with Crippen LogP contribution in [0.5, 0.6) is 0 Å². The third kappa shape index (κ3) is 63.0. The molecule has 0 aromatic heterocycles. The second-order valence-electron chi connectivity index (χ2n) is 4.98. The number of carbonyl (C=O) groups excluding carboxylic acids is 5. The molecule has 0 aliphatic heterocycles. The molecule has 0 rings (SSSR count). The molecule has 0 aromatic carbocycles. The number of hydrogen-bond donors (Lipinski definition) is 5. The zero-order chi connectivity index (χ0) is 25.8. The molecule has 5 atom stereocenters. The Bertz CT molecular complexity index is 403. The maximum absolute atomic E-state index is 9.34. The fourth-order valence-corrected chi connectivity index (χ4v) is 0. The van der Waals surface area contributed by atoms with Crippen LogP contribution in [0.15, 0.2) is 0 Å². The van der Waals surface area contributed by atoms with E-state index in [1.807, 2.05) is 0 Å². The number of aliphatic carboxylic acids is 5. The van der Waals surface area contributed by atoms with E-state index in [9.17, 15) is 49.5 Å². The summed E-state index contributed by atoms with van der Waals surface area (Å²) in [5.74, 6) is -7.18. The predicted molar refractivity (Wildman–Crippen MR) is 83.4 cm³/mol. The molecule has 5 N–H and O–H groups in total. The first kappa shape index (κ1) is 48.8. The molecule has 0 bridgehead atoms. The SMILES string of the molecule is CC(O)C(=O)[O-].CC(O)C(=O)[O-].CC(O)C(=O)[O-].CC(O)C(=O)[O-].CC(O)C(=O)[O-].[K+].[Ti+4]. The molecule has 32 heavy (non-hydrogen) atoms. The number of aliphatic hydroxyl groups is 5. The molecule has 5 unspecified atom stereocenters. The molecule has 0 saturated carbocycles. The van der Waals surface area contributed by atoms with Crippen molar-refractivity contribution in [3.8, 4) is 0 Å². The van der Waals surface area contributed by atoms with Crippen LogP contribution in [-0.4, -0.2) is 85.9 Å². The van der Waals surface area contributed by atoms with Crippen molar-refractivity contribution >= 4 is 29.8 Å². The summed E-state index contributed by atoms with van der Waals surface area (Å²) in [7, 11) is 0. The summed E-state index contributed by atoms with van der Waals surface area (Å²) in [4.78, 5) is 46.7. The van der Waals surface area contributed by atoms with E-state index >= 15 is 0 Å². The maximum Gasteiger partial charge on any atom is 4.00 e. The number of carboxylic acids is 5. The number of carbonyl (C=O) groups is 5. The molecular formula is C15H25KO15Ti. The fraction of sp³-hybridized carbons (Fsp3) is 0.667. The molecular weight excluding hydrogens is 507 g/mol. The molecule has 0 spiro atoms. The van der Waals surface area contributed by atoms with Gasteiger partial charge in [0.15, 0.2) is 0 Å². The first-order valence-electron chi connectivity index (χ1n) is 7.66. The minimum atomic E-state index is -1.44. The van der Waals surface area contributed by atoms with Crippen LogP contribution in [0.25, 0.3) is 0 Å². The van der Waals surface area contributed by atoms with E-state index in [1.54, 1.807) is 0 Å². The summed E-state index contributed by atoms with van der Waals surface area (Å²) in [6, 6.07) is 0. The average molecular weight is 532 g/mol. The third-order valence-electron chi connectivity index (χ3n) is 1.71. The Balaban J connectivity index is -0.0000000481. The smallest absolute Gasteiger partial charge is 0.547 e. The number of rotatable bonds is 5. The minimum Gasteiger partial charge on any atom is -0.547 e. The van der Waals surface area contributed by atoms with E-state index in [0.717, 1.165) is 34.6 Å². The van der Waals surface area contributed by atoms with Gasteiger partial charge in [0.25, 0.3) is 0 Å². The van der Waals surface area contributed by atoms with Crippen molar-refractivity contribution in [2.24, 2.45) is 0 Å². The van der Waals surface area contributed by atoms with Gasteiger partial charge in [0.2, 0.25) is 0 Å². The molecule has 0 aliphatic carbocycles. The largest absolute Gasteiger partial charge is 4.00 e. The van der Waals surface area contributed by atoms with Gasteiger partial charge in [-0.3, -0.25) is 0 Å². The molecule has 0 heterocycles. The van der Waals surface area contributed by atoms with Crippen LogP contribution >= 0.6 is 0 Å². The van der Waals surface area contributed by atoms with Crippen LogP contribution in [0.3, 0.4) is 0 Å². The van der Waals surface area contributed by atoms with Gasteiger partial charge in [-0.2, -0.15) is 0 Å². The van der Waals surface area contributed by atoms with Crippen molar-refractivity contribution in [1.82, 2.24) is 0 Å². The second kappa shape index (κ2) is 30.5. The van der Waals surface area contributed by atoms with Gasteiger partial charge in [-0.25, -0.2) is 0 Å². The van der Waals surface area contributed by atoms with Crippen LogP contribution in [0.2, 0.25) is 0 Å². The van der Waals surface area contributed by atoms with Gasteiger partial charge < -0.3 is 75.0 Å². The number of aliphatic hydroxyl groups excluding tert-OH is 5. The van der Waals surface area contributed by atoms with Crippen molar-refractivity contribution in [2.45, 2.75) is 65.1 Å². The average Bonchev–Trinajstić information content (AvgIpc) is 2.56. The van der Waals surface area contributed by atoms with E-state index in [2.05, 4.69) is 0 Å². The van der Waals surface area contributed by atoms with Gasteiger partial charge in [-0.1, -0.05) is 0 Å². The molecule has 180 valence electrons. The Morgan fingerprint density at radius 1 is 0.438 bits per heavy atom. The molecule has 0 aromatic rings. The van der Waals surface area contributed by atoms with Gasteiger partial charge in [0.05, 0.1) is 60.4 Å². The van der Waals surface area contributed by atoms with Crippen LogP contribution < -0.4 is 76.9 Å². The first-order chi connectivity index (χ1) is 13.2. The number of carboxylic acid groups (broad SMARTS) is 5. The normalized spacial score (nSPS) is 12.8. The Morgan fingerprint density at radius 2 is 0.469 bits per heavy atom. The Hall–Kier alpha value is -0.499. The summed E-state index contributed by atoms with van der Waals surface area (Å²) >= 11 is 0. The van der Waals surface area contributed by atoms with Crippen LogP contribution in [0.1, 0.15) is 34.6 Å². The second-order valence-corrected chi connectivity index (χ2v) is 4.98.